The summed E-state index contributed by atoms with van der Waals surface area (Å²) in [7, 11) is 2.89. The minimum Gasteiger partial charge on any atom is -0.497 e. The summed E-state index contributed by atoms with van der Waals surface area (Å²) in [4.78, 5) is 6.50. The molecule has 1 saturated heterocycles. The van der Waals surface area contributed by atoms with Gasteiger partial charge in [-0.15, -0.1) is 0 Å². The zero-order chi connectivity index (χ0) is 22.9. The van der Waals surface area contributed by atoms with E-state index in [9.17, 15) is 18.4 Å². The number of alkyl halides is 3. The van der Waals surface area contributed by atoms with Gasteiger partial charge in [0, 0.05) is 29.1 Å². The van der Waals surface area contributed by atoms with Gasteiger partial charge in [-0.1, -0.05) is 6.07 Å². The predicted molar refractivity (Wildman–Crippen MR) is 112 cm³/mol. The fourth-order valence-electron chi connectivity index (χ4n) is 3.86. The lowest BCUT2D eigenvalue weighted by molar-refractivity contribution is -0.137. The fraction of sp³-hybridized carbons (Fsp3) is 0.304. The van der Waals surface area contributed by atoms with Crippen LogP contribution in [0.15, 0.2) is 42.6 Å². The van der Waals surface area contributed by atoms with E-state index >= 15 is 0 Å². The topological polar surface area (TPSA) is 67.6 Å². The number of halogens is 3. The van der Waals surface area contributed by atoms with Crippen molar-refractivity contribution in [3.8, 4) is 17.6 Å². The van der Waals surface area contributed by atoms with Crippen molar-refractivity contribution in [3.05, 3.63) is 59.3 Å². The van der Waals surface area contributed by atoms with Crippen molar-refractivity contribution in [1.82, 2.24) is 4.98 Å². The van der Waals surface area contributed by atoms with Gasteiger partial charge in [-0.2, -0.15) is 18.4 Å². The molecule has 32 heavy (non-hydrogen) atoms. The number of ether oxygens (including phenoxy) is 3. The van der Waals surface area contributed by atoms with Gasteiger partial charge in [0.1, 0.15) is 29.5 Å². The number of anilines is 1. The van der Waals surface area contributed by atoms with E-state index in [0.29, 0.717) is 47.8 Å². The van der Waals surface area contributed by atoms with Crippen LogP contribution in [0.25, 0.3) is 10.8 Å². The van der Waals surface area contributed by atoms with Gasteiger partial charge in [-0.05, 0) is 30.3 Å². The molecule has 0 N–H and O–H groups in total. The van der Waals surface area contributed by atoms with Crippen molar-refractivity contribution in [3.63, 3.8) is 0 Å². The molecule has 4 rings (SSSR count). The Morgan fingerprint density at radius 2 is 1.94 bits per heavy atom. The van der Waals surface area contributed by atoms with Crippen LogP contribution in [-0.4, -0.2) is 38.9 Å². The molecule has 0 amide bonds. The third kappa shape index (κ3) is 4.01. The second kappa shape index (κ2) is 8.55. The molecule has 2 heterocycles. The zero-order valence-corrected chi connectivity index (χ0v) is 17.4. The molecular weight excluding hydrogens is 423 g/mol. The molecule has 3 aromatic rings. The first-order valence-electron chi connectivity index (χ1n) is 9.84. The Balaban J connectivity index is 1.70. The molecule has 6 nitrogen and oxygen atoms in total. The number of aromatic nitrogens is 1. The Bertz CT molecular complexity index is 1190. The number of methoxy groups -OCH3 is 2. The Kier molecular flexibility index (Phi) is 5.80. The van der Waals surface area contributed by atoms with Crippen LogP contribution in [-0.2, 0) is 10.9 Å². The first-order chi connectivity index (χ1) is 15.4. The summed E-state index contributed by atoms with van der Waals surface area (Å²) in [5.74, 6) is 1.41. The number of morpholine rings is 1. The summed E-state index contributed by atoms with van der Waals surface area (Å²) >= 11 is 0. The lowest BCUT2D eigenvalue weighted by atomic mass is 10.0. The molecule has 2 aromatic carbocycles. The van der Waals surface area contributed by atoms with Crippen LogP contribution in [0.4, 0.5) is 19.0 Å². The number of hydrogen-bond acceptors (Lipinski definition) is 6. The summed E-state index contributed by atoms with van der Waals surface area (Å²) in [5.41, 5.74) is 0.182. The third-order valence-corrected chi connectivity index (χ3v) is 5.47. The van der Waals surface area contributed by atoms with E-state index in [1.165, 1.54) is 19.4 Å². The summed E-state index contributed by atoms with van der Waals surface area (Å²) in [5, 5.41) is 11.0. The van der Waals surface area contributed by atoms with Gasteiger partial charge in [-0.3, -0.25) is 0 Å². The van der Waals surface area contributed by atoms with Gasteiger partial charge in [0.15, 0.2) is 0 Å². The number of rotatable bonds is 4. The highest BCUT2D eigenvalue weighted by Gasteiger charge is 2.33. The number of fused-ring (bicyclic) bond motifs is 1. The molecule has 0 radical (unpaired) electrons. The van der Waals surface area contributed by atoms with Gasteiger partial charge < -0.3 is 19.1 Å². The van der Waals surface area contributed by atoms with E-state index in [1.807, 2.05) is 11.0 Å². The standard InChI is InChI=1S/C23H20F3N3O3/c1-30-16-4-6-17-19(10-16)14(11-27)12-28-22(17)29-7-8-32-21(13-29)18-5-3-15(23(24,25)26)9-20(18)31-2/h3-6,9-10,12,21H,7-8,13H2,1-2H3. The molecular formula is C23H20F3N3O3. The molecule has 166 valence electrons. The largest absolute Gasteiger partial charge is 0.497 e. The molecule has 1 aliphatic rings. The first kappa shape index (κ1) is 21.7. The van der Waals surface area contributed by atoms with E-state index in [2.05, 4.69) is 11.1 Å². The van der Waals surface area contributed by atoms with Crippen molar-refractivity contribution in [1.29, 1.82) is 5.26 Å². The van der Waals surface area contributed by atoms with Crippen molar-refractivity contribution < 1.29 is 27.4 Å². The van der Waals surface area contributed by atoms with Crippen LogP contribution in [0.5, 0.6) is 11.5 Å². The highest BCUT2D eigenvalue weighted by molar-refractivity contribution is 5.96. The Hall–Kier alpha value is -3.51. The fourth-order valence-corrected chi connectivity index (χ4v) is 3.86. The summed E-state index contributed by atoms with van der Waals surface area (Å²) in [6.45, 7) is 1.26. The van der Waals surface area contributed by atoms with Crippen molar-refractivity contribution in [2.45, 2.75) is 12.3 Å². The van der Waals surface area contributed by atoms with Crippen LogP contribution in [0.2, 0.25) is 0 Å². The zero-order valence-electron chi connectivity index (χ0n) is 17.4. The summed E-state index contributed by atoms with van der Waals surface area (Å²) < 4.78 is 55.7. The highest BCUT2D eigenvalue weighted by Crippen LogP contribution is 2.38. The number of hydrogen-bond donors (Lipinski definition) is 0. The number of pyridine rings is 1. The van der Waals surface area contributed by atoms with E-state index in [0.717, 1.165) is 17.5 Å². The average molecular weight is 443 g/mol. The van der Waals surface area contributed by atoms with E-state index in [4.69, 9.17) is 14.2 Å². The molecule has 1 atom stereocenters. The van der Waals surface area contributed by atoms with Gasteiger partial charge in [-0.25, -0.2) is 4.98 Å². The monoisotopic (exact) mass is 443 g/mol. The van der Waals surface area contributed by atoms with Crippen LogP contribution >= 0.6 is 0 Å². The Morgan fingerprint density at radius 3 is 2.62 bits per heavy atom. The average Bonchev–Trinajstić information content (AvgIpc) is 2.82. The second-order valence-corrected chi connectivity index (χ2v) is 7.28. The van der Waals surface area contributed by atoms with E-state index in [1.54, 1.807) is 19.2 Å². The van der Waals surface area contributed by atoms with Gasteiger partial charge in [0.2, 0.25) is 0 Å². The van der Waals surface area contributed by atoms with Gasteiger partial charge in [0.05, 0.1) is 38.5 Å². The van der Waals surface area contributed by atoms with Crippen LogP contribution in [0.3, 0.4) is 0 Å². The number of nitrogens with zero attached hydrogens (tertiary/aromatic N) is 3. The Labute approximate surface area is 182 Å². The van der Waals surface area contributed by atoms with Gasteiger partial charge >= 0.3 is 6.18 Å². The second-order valence-electron chi connectivity index (χ2n) is 7.28. The van der Waals surface area contributed by atoms with Crippen LogP contribution in [0, 0.1) is 11.3 Å². The van der Waals surface area contributed by atoms with E-state index in [-0.39, 0.29) is 5.75 Å². The van der Waals surface area contributed by atoms with Gasteiger partial charge in [0.25, 0.3) is 0 Å². The van der Waals surface area contributed by atoms with Crippen molar-refractivity contribution >= 4 is 16.6 Å². The van der Waals surface area contributed by atoms with Crippen molar-refractivity contribution in [2.24, 2.45) is 0 Å². The SMILES string of the molecule is COc1ccc2c(N3CCOC(c4ccc(C(F)(F)F)cc4OC)C3)ncc(C#N)c2c1. The molecule has 1 fully saturated rings. The normalized spacial score (nSPS) is 16.6. The number of nitriles is 1. The first-order valence-corrected chi connectivity index (χ1v) is 9.84. The molecule has 1 aromatic heterocycles. The quantitative estimate of drug-likeness (QED) is 0.581. The maximum absolute atomic E-state index is 13.1. The summed E-state index contributed by atoms with van der Waals surface area (Å²) in [6, 6.07) is 11.0. The highest BCUT2D eigenvalue weighted by atomic mass is 19.4. The maximum Gasteiger partial charge on any atom is 0.416 e. The molecule has 0 aliphatic carbocycles. The van der Waals surface area contributed by atoms with Crippen LogP contribution < -0.4 is 14.4 Å². The molecule has 0 spiro atoms. The maximum atomic E-state index is 13.1. The summed E-state index contributed by atoms with van der Waals surface area (Å²) in [6.07, 6.45) is -3.45. The molecule has 1 aliphatic heterocycles. The van der Waals surface area contributed by atoms with Crippen LogP contribution in [0.1, 0.15) is 22.8 Å². The molecule has 1 unspecified atom stereocenters. The number of benzene rings is 2. The minimum absolute atomic E-state index is 0.119. The molecule has 9 heteroatoms. The van der Waals surface area contributed by atoms with E-state index < -0.39 is 17.8 Å². The Morgan fingerprint density at radius 1 is 1.12 bits per heavy atom. The third-order valence-electron chi connectivity index (χ3n) is 5.47. The minimum atomic E-state index is -4.46. The lowest BCUT2D eigenvalue weighted by Gasteiger charge is -2.35. The lowest BCUT2D eigenvalue weighted by Crippen LogP contribution is -2.39. The smallest absolute Gasteiger partial charge is 0.416 e. The van der Waals surface area contributed by atoms with Crippen molar-refractivity contribution in [2.75, 3.05) is 38.8 Å². The molecule has 0 bridgehead atoms. The molecule has 0 saturated carbocycles. The predicted octanol–water partition coefficient (Wildman–Crippen LogP) is 4.72.